The van der Waals surface area contributed by atoms with Crippen molar-refractivity contribution in [2.45, 2.75) is 11.5 Å². The molecular formula is C15H15NO2S. The third kappa shape index (κ3) is 4.03. The third-order valence-electron chi connectivity index (χ3n) is 2.72. The third-order valence-corrected chi connectivity index (χ3v) is 3.79. The van der Waals surface area contributed by atoms with Gasteiger partial charge in [-0.2, -0.15) is 11.8 Å². The largest absolute Gasteiger partial charge is 0.478 e. The van der Waals surface area contributed by atoms with E-state index in [4.69, 9.17) is 10.8 Å². The summed E-state index contributed by atoms with van der Waals surface area (Å²) in [6, 6.07) is 14.8. The van der Waals surface area contributed by atoms with Gasteiger partial charge in [0.2, 0.25) is 0 Å². The normalized spacial score (nSPS) is 10.3. The Morgan fingerprint density at radius 2 is 1.42 bits per heavy atom. The number of nitrogens with two attached hydrogens (primary N) is 1. The number of benzene rings is 2. The maximum atomic E-state index is 10.7. The lowest BCUT2D eigenvalue weighted by molar-refractivity contribution is 0.0697. The predicted octanol–water partition coefficient (Wildman–Crippen LogP) is 3.40. The monoisotopic (exact) mass is 273 g/mol. The Labute approximate surface area is 116 Å². The highest BCUT2D eigenvalue weighted by atomic mass is 32.2. The molecule has 0 unspecified atom stereocenters. The van der Waals surface area contributed by atoms with E-state index >= 15 is 0 Å². The van der Waals surface area contributed by atoms with Gasteiger partial charge in [0.25, 0.3) is 0 Å². The van der Waals surface area contributed by atoms with Crippen LogP contribution >= 0.6 is 11.8 Å². The Balaban J connectivity index is 1.85. The lowest BCUT2D eigenvalue weighted by Gasteiger charge is -2.03. The van der Waals surface area contributed by atoms with Crippen molar-refractivity contribution >= 4 is 23.4 Å². The second-order valence-corrected chi connectivity index (χ2v) is 5.22. The fourth-order valence-electron chi connectivity index (χ4n) is 1.64. The molecule has 0 spiro atoms. The molecule has 0 aliphatic heterocycles. The molecule has 4 heteroatoms. The summed E-state index contributed by atoms with van der Waals surface area (Å²) in [5.41, 5.74) is 9.10. The van der Waals surface area contributed by atoms with E-state index in [2.05, 4.69) is 0 Å². The summed E-state index contributed by atoms with van der Waals surface area (Å²) in [5.74, 6) is 0.895. The van der Waals surface area contributed by atoms with Crippen LogP contribution in [-0.2, 0) is 11.5 Å². The molecule has 0 radical (unpaired) electrons. The Bertz CT molecular complexity index is 549. The molecule has 0 fully saturated rings. The summed E-state index contributed by atoms with van der Waals surface area (Å²) in [5, 5.41) is 8.81. The second kappa shape index (κ2) is 6.29. The van der Waals surface area contributed by atoms with Crippen LogP contribution in [0.15, 0.2) is 48.5 Å². The molecule has 2 aromatic rings. The fourth-order valence-corrected chi connectivity index (χ4v) is 2.60. The number of hydrogen-bond acceptors (Lipinski definition) is 3. The molecule has 0 aromatic heterocycles. The quantitative estimate of drug-likeness (QED) is 0.819. The predicted molar refractivity (Wildman–Crippen MR) is 79.3 cm³/mol. The van der Waals surface area contributed by atoms with Crippen LogP contribution in [0.1, 0.15) is 21.5 Å². The molecule has 0 saturated carbocycles. The van der Waals surface area contributed by atoms with Gasteiger partial charge in [0, 0.05) is 17.2 Å². The first-order valence-corrected chi connectivity index (χ1v) is 7.05. The zero-order chi connectivity index (χ0) is 13.7. The van der Waals surface area contributed by atoms with Crippen molar-refractivity contribution in [3.63, 3.8) is 0 Å². The van der Waals surface area contributed by atoms with E-state index in [-0.39, 0.29) is 0 Å². The van der Waals surface area contributed by atoms with Crippen LogP contribution in [0.25, 0.3) is 0 Å². The highest BCUT2D eigenvalue weighted by molar-refractivity contribution is 7.97. The minimum absolute atomic E-state index is 0.326. The van der Waals surface area contributed by atoms with Crippen molar-refractivity contribution in [2.75, 3.05) is 5.73 Å². The molecule has 0 amide bonds. The first-order valence-electron chi connectivity index (χ1n) is 5.89. The second-order valence-electron chi connectivity index (χ2n) is 4.24. The first-order chi connectivity index (χ1) is 9.15. The highest BCUT2D eigenvalue weighted by Gasteiger charge is 2.02. The smallest absolute Gasteiger partial charge is 0.335 e. The number of carboxylic acids is 1. The molecule has 98 valence electrons. The lowest BCUT2D eigenvalue weighted by Crippen LogP contribution is -1.95. The first kappa shape index (κ1) is 13.5. The number of rotatable bonds is 5. The van der Waals surface area contributed by atoms with Crippen molar-refractivity contribution in [3.05, 3.63) is 65.2 Å². The minimum Gasteiger partial charge on any atom is -0.478 e. The van der Waals surface area contributed by atoms with Gasteiger partial charge in [-0.3, -0.25) is 0 Å². The van der Waals surface area contributed by atoms with E-state index in [0.717, 1.165) is 22.8 Å². The number of carboxylic acid groups (broad SMARTS) is 1. The molecule has 0 aliphatic rings. The molecule has 19 heavy (non-hydrogen) atoms. The summed E-state index contributed by atoms with van der Waals surface area (Å²) in [6.45, 7) is 0. The van der Waals surface area contributed by atoms with E-state index in [1.54, 1.807) is 23.9 Å². The molecule has 3 nitrogen and oxygen atoms in total. The van der Waals surface area contributed by atoms with E-state index in [1.165, 1.54) is 5.56 Å². The van der Waals surface area contributed by atoms with Crippen molar-refractivity contribution in [1.82, 2.24) is 0 Å². The van der Waals surface area contributed by atoms with Gasteiger partial charge in [-0.05, 0) is 35.4 Å². The average molecular weight is 273 g/mol. The summed E-state index contributed by atoms with van der Waals surface area (Å²) in [4.78, 5) is 10.7. The zero-order valence-electron chi connectivity index (χ0n) is 10.4. The van der Waals surface area contributed by atoms with E-state index in [0.29, 0.717) is 5.56 Å². The van der Waals surface area contributed by atoms with Gasteiger partial charge >= 0.3 is 5.97 Å². The zero-order valence-corrected chi connectivity index (χ0v) is 11.2. The van der Waals surface area contributed by atoms with E-state index < -0.39 is 5.97 Å². The number of thioether (sulfide) groups is 1. The standard InChI is InChI=1S/C15H15NO2S/c16-14-7-3-12(4-8-14)10-19-9-11-1-5-13(6-2-11)15(17)18/h1-8H,9-10,16H2,(H,17,18). The van der Waals surface area contributed by atoms with Gasteiger partial charge in [-0.15, -0.1) is 0 Å². The van der Waals surface area contributed by atoms with Gasteiger partial charge < -0.3 is 10.8 Å². The van der Waals surface area contributed by atoms with Crippen molar-refractivity contribution in [1.29, 1.82) is 0 Å². The summed E-state index contributed by atoms with van der Waals surface area (Å²) in [7, 11) is 0. The van der Waals surface area contributed by atoms with Crippen LogP contribution in [-0.4, -0.2) is 11.1 Å². The molecule has 0 bridgehead atoms. The van der Waals surface area contributed by atoms with Crippen molar-refractivity contribution in [2.24, 2.45) is 0 Å². The average Bonchev–Trinajstić information content (AvgIpc) is 2.41. The van der Waals surface area contributed by atoms with Gasteiger partial charge in [-0.1, -0.05) is 24.3 Å². The summed E-state index contributed by atoms with van der Waals surface area (Å²) in [6.07, 6.45) is 0. The number of carbonyl (C=O) groups is 1. The van der Waals surface area contributed by atoms with Crippen LogP contribution in [0.4, 0.5) is 5.69 Å². The lowest BCUT2D eigenvalue weighted by atomic mass is 10.1. The molecule has 2 rings (SSSR count). The fraction of sp³-hybridized carbons (Fsp3) is 0.133. The van der Waals surface area contributed by atoms with Gasteiger partial charge in [0.05, 0.1) is 5.56 Å². The molecule has 0 heterocycles. The summed E-state index contributed by atoms with van der Waals surface area (Å²) >= 11 is 1.79. The maximum absolute atomic E-state index is 10.7. The molecular weight excluding hydrogens is 258 g/mol. The number of nitrogen functional groups attached to an aromatic ring is 1. The Morgan fingerprint density at radius 3 is 1.89 bits per heavy atom. The van der Waals surface area contributed by atoms with Gasteiger partial charge in [0.15, 0.2) is 0 Å². The van der Waals surface area contributed by atoms with Crippen LogP contribution in [0.2, 0.25) is 0 Å². The van der Waals surface area contributed by atoms with Gasteiger partial charge in [-0.25, -0.2) is 4.79 Å². The van der Waals surface area contributed by atoms with Crippen LogP contribution < -0.4 is 5.73 Å². The van der Waals surface area contributed by atoms with Crippen LogP contribution in [0.3, 0.4) is 0 Å². The van der Waals surface area contributed by atoms with E-state index in [9.17, 15) is 4.79 Å². The Morgan fingerprint density at radius 1 is 0.947 bits per heavy atom. The van der Waals surface area contributed by atoms with Crippen molar-refractivity contribution in [3.8, 4) is 0 Å². The topological polar surface area (TPSA) is 63.3 Å². The van der Waals surface area contributed by atoms with Crippen LogP contribution in [0, 0.1) is 0 Å². The molecule has 0 aliphatic carbocycles. The Kier molecular flexibility index (Phi) is 4.47. The Hall–Kier alpha value is -1.94. The van der Waals surface area contributed by atoms with E-state index in [1.807, 2.05) is 36.4 Å². The highest BCUT2D eigenvalue weighted by Crippen LogP contribution is 2.19. The summed E-state index contributed by atoms with van der Waals surface area (Å²) < 4.78 is 0. The molecule has 2 aromatic carbocycles. The number of hydrogen-bond donors (Lipinski definition) is 2. The SMILES string of the molecule is Nc1ccc(CSCc2ccc(C(=O)O)cc2)cc1. The minimum atomic E-state index is -0.888. The number of aromatic carboxylic acids is 1. The molecule has 0 saturated heterocycles. The number of anilines is 1. The molecule has 0 atom stereocenters. The molecule has 3 N–H and O–H groups in total. The van der Waals surface area contributed by atoms with Crippen LogP contribution in [0.5, 0.6) is 0 Å². The maximum Gasteiger partial charge on any atom is 0.335 e. The van der Waals surface area contributed by atoms with Gasteiger partial charge in [0.1, 0.15) is 0 Å². The van der Waals surface area contributed by atoms with Crippen molar-refractivity contribution < 1.29 is 9.90 Å².